The number of esters is 1. The van der Waals surface area contributed by atoms with Crippen LogP contribution in [0.5, 0.6) is 0 Å². The Hall–Kier alpha value is -1.94. The van der Waals surface area contributed by atoms with Crippen LogP contribution in [0, 0.1) is 3.77 Å². The highest BCUT2D eigenvalue weighted by Gasteiger charge is 2.10. The van der Waals surface area contributed by atoms with E-state index in [1.54, 1.807) is 12.1 Å². The molecule has 0 atom stereocenters. The summed E-state index contributed by atoms with van der Waals surface area (Å²) in [6.45, 7) is -0.0479. The molecule has 3 aromatic heterocycles. The topological polar surface area (TPSA) is 78.4 Å². The van der Waals surface area contributed by atoms with Gasteiger partial charge in [0.1, 0.15) is 5.76 Å². The van der Waals surface area contributed by atoms with Gasteiger partial charge in [0.05, 0.1) is 4.88 Å². The molecule has 0 unspecified atom stereocenters. The van der Waals surface area contributed by atoms with Crippen molar-refractivity contribution >= 4 is 46.0 Å². The molecule has 3 rings (SSSR count). The third-order valence-electron chi connectivity index (χ3n) is 2.52. The van der Waals surface area contributed by atoms with Crippen molar-refractivity contribution in [1.29, 1.82) is 0 Å². The van der Waals surface area contributed by atoms with E-state index in [0.717, 1.165) is 8.64 Å². The predicted molar refractivity (Wildman–Crippen MR) is 87.9 cm³/mol. The normalized spacial score (nSPS) is 11.1. The molecule has 0 amide bonds. The highest BCUT2D eigenvalue weighted by molar-refractivity contribution is 14.1. The highest BCUT2D eigenvalue weighted by atomic mass is 127. The number of carbonyl (C=O) groups excluding carboxylic acids is 1. The van der Waals surface area contributed by atoms with Gasteiger partial charge in [-0.05, 0) is 52.2 Å². The zero-order valence-electron chi connectivity index (χ0n) is 11.1. The Morgan fingerprint density at radius 2 is 2.32 bits per heavy atom. The van der Waals surface area contributed by atoms with Crippen LogP contribution >= 0.6 is 33.9 Å². The van der Waals surface area contributed by atoms with Crippen LogP contribution in [0.15, 0.2) is 44.7 Å². The smallest absolute Gasteiger partial charge is 0.331 e. The Labute approximate surface area is 142 Å². The van der Waals surface area contributed by atoms with Crippen molar-refractivity contribution in [3.05, 3.63) is 51.1 Å². The molecule has 6 nitrogen and oxygen atoms in total. The van der Waals surface area contributed by atoms with Gasteiger partial charge in [0.25, 0.3) is 5.89 Å². The molecule has 0 aliphatic carbocycles. The van der Waals surface area contributed by atoms with E-state index in [2.05, 4.69) is 10.1 Å². The summed E-state index contributed by atoms with van der Waals surface area (Å²) in [4.78, 5) is 16.6. The van der Waals surface area contributed by atoms with Crippen molar-refractivity contribution in [2.24, 2.45) is 0 Å². The second-order valence-corrected chi connectivity index (χ2v) is 6.09. The van der Waals surface area contributed by atoms with Gasteiger partial charge in [-0.2, -0.15) is 4.98 Å². The van der Waals surface area contributed by atoms with Crippen molar-refractivity contribution in [2.75, 3.05) is 0 Å². The lowest BCUT2D eigenvalue weighted by molar-refractivity contribution is -0.139. The summed E-state index contributed by atoms with van der Waals surface area (Å²) in [5.41, 5.74) is 0. The van der Waals surface area contributed by atoms with Gasteiger partial charge >= 0.3 is 5.97 Å². The molecule has 0 aromatic carbocycles. The first-order valence-corrected chi connectivity index (χ1v) is 8.13. The fourth-order valence-electron chi connectivity index (χ4n) is 1.56. The average Bonchev–Trinajstić information content (AvgIpc) is 3.23. The minimum Gasteiger partial charge on any atom is -0.454 e. The van der Waals surface area contributed by atoms with E-state index in [9.17, 15) is 4.79 Å². The van der Waals surface area contributed by atoms with E-state index < -0.39 is 5.97 Å². The molecule has 3 aromatic rings. The van der Waals surface area contributed by atoms with Crippen molar-refractivity contribution in [3.8, 4) is 10.8 Å². The molecular formula is C14H9IN2O4S. The second-order valence-electron chi connectivity index (χ2n) is 4.08. The largest absolute Gasteiger partial charge is 0.454 e. The molecular weight excluding hydrogens is 419 g/mol. The number of nitrogens with zero attached hydrogens (tertiary/aromatic N) is 2. The van der Waals surface area contributed by atoms with E-state index in [1.165, 1.54) is 23.5 Å². The Bertz CT molecular complexity index is 791. The zero-order valence-corrected chi connectivity index (χ0v) is 14.0. The molecule has 0 bridgehead atoms. The Morgan fingerprint density at radius 1 is 1.41 bits per heavy atom. The molecule has 0 aliphatic heterocycles. The fraction of sp³-hybridized carbons (Fsp3) is 0.0714. The maximum Gasteiger partial charge on any atom is 0.331 e. The van der Waals surface area contributed by atoms with Crippen molar-refractivity contribution < 1.29 is 18.5 Å². The third kappa shape index (κ3) is 3.83. The Balaban J connectivity index is 1.54. The first kappa shape index (κ1) is 15.0. The average molecular weight is 428 g/mol. The molecule has 0 fully saturated rings. The Kier molecular flexibility index (Phi) is 4.68. The molecule has 0 radical (unpaired) electrons. The summed E-state index contributed by atoms with van der Waals surface area (Å²) in [7, 11) is 0. The van der Waals surface area contributed by atoms with Gasteiger partial charge in [-0.1, -0.05) is 11.2 Å². The van der Waals surface area contributed by atoms with Crippen molar-refractivity contribution in [2.45, 2.75) is 6.61 Å². The SMILES string of the molecule is O=C(/C=C/c1ccc(I)o1)OCc1noc(-c2cccs2)n1. The number of aromatic nitrogens is 2. The van der Waals surface area contributed by atoms with Gasteiger partial charge in [-0.15, -0.1) is 11.3 Å². The van der Waals surface area contributed by atoms with Crippen molar-refractivity contribution in [1.82, 2.24) is 10.1 Å². The van der Waals surface area contributed by atoms with Crippen LogP contribution < -0.4 is 0 Å². The molecule has 112 valence electrons. The zero-order chi connectivity index (χ0) is 15.4. The minimum atomic E-state index is -0.506. The minimum absolute atomic E-state index is 0.0479. The highest BCUT2D eigenvalue weighted by Crippen LogP contribution is 2.22. The number of hydrogen-bond acceptors (Lipinski definition) is 7. The molecule has 0 aliphatic rings. The predicted octanol–water partition coefficient (Wildman–Crippen LogP) is 3.75. The summed E-state index contributed by atoms with van der Waals surface area (Å²) in [6, 6.07) is 7.33. The summed E-state index contributed by atoms with van der Waals surface area (Å²) >= 11 is 3.54. The van der Waals surface area contributed by atoms with E-state index in [4.69, 9.17) is 13.7 Å². The van der Waals surface area contributed by atoms with Gasteiger partial charge in [-0.3, -0.25) is 0 Å². The van der Waals surface area contributed by atoms with Crippen LogP contribution in [0.3, 0.4) is 0 Å². The number of furan rings is 1. The maximum atomic E-state index is 11.6. The fourth-order valence-corrected chi connectivity index (χ4v) is 2.64. The van der Waals surface area contributed by atoms with Crippen LogP contribution in [0.25, 0.3) is 16.8 Å². The number of ether oxygens (including phenoxy) is 1. The number of halogens is 1. The summed E-state index contributed by atoms with van der Waals surface area (Å²) < 4.78 is 16.2. The molecule has 0 spiro atoms. The molecule has 8 heteroatoms. The van der Waals surface area contributed by atoms with E-state index in [1.807, 2.05) is 40.1 Å². The quantitative estimate of drug-likeness (QED) is 0.350. The lowest BCUT2D eigenvalue weighted by Crippen LogP contribution is -2.01. The monoisotopic (exact) mass is 428 g/mol. The molecule has 3 heterocycles. The molecule has 22 heavy (non-hydrogen) atoms. The van der Waals surface area contributed by atoms with Crippen LogP contribution in [-0.2, 0) is 16.1 Å². The van der Waals surface area contributed by atoms with Gasteiger partial charge in [0.2, 0.25) is 5.82 Å². The lowest BCUT2D eigenvalue weighted by atomic mass is 10.4. The van der Waals surface area contributed by atoms with Gasteiger partial charge in [0.15, 0.2) is 10.4 Å². The molecule has 0 saturated carbocycles. The van der Waals surface area contributed by atoms with Gasteiger partial charge in [0, 0.05) is 6.08 Å². The second kappa shape index (κ2) is 6.88. The van der Waals surface area contributed by atoms with E-state index >= 15 is 0 Å². The summed E-state index contributed by atoms with van der Waals surface area (Å²) in [5.74, 6) is 0.814. The summed E-state index contributed by atoms with van der Waals surface area (Å²) in [6.07, 6.45) is 2.83. The standard InChI is InChI=1S/C14H9IN2O4S/c15-11-5-3-9(20-11)4-6-13(18)19-8-12-16-14(21-17-12)10-2-1-7-22-10/h1-7H,8H2/b6-4+. The molecule has 0 saturated heterocycles. The maximum absolute atomic E-state index is 11.6. The van der Waals surface area contributed by atoms with Crippen LogP contribution in [-0.4, -0.2) is 16.1 Å². The number of rotatable bonds is 5. The number of thiophene rings is 1. The first-order valence-electron chi connectivity index (χ1n) is 6.17. The van der Waals surface area contributed by atoms with Crippen LogP contribution in [0.4, 0.5) is 0 Å². The van der Waals surface area contributed by atoms with Gasteiger partial charge in [-0.25, -0.2) is 4.79 Å². The van der Waals surface area contributed by atoms with Crippen molar-refractivity contribution in [3.63, 3.8) is 0 Å². The first-order chi connectivity index (χ1) is 10.7. The van der Waals surface area contributed by atoms with E-state index in [-0.39, 0.29) is 6.61 Å². The van der Waals surface area contributed by atoms with E-state index in [0.29, 0.717) is 17.5 Å². The number of hydrogen-bond donors (Lipinski definition) is 0. The van der Waals surface area contributed by atoms with Gasteiger partial charge < -0.3 is 13.7 Å². The van der Waals surface area contributed by atoms with Crippen LogP contribution in [0.1, 0.15) is 11.6 Å². The Morgan fingerprint density at radius 3 is 3.05 bits per heavy atom. The lowest BCUT2D eigenvalue weighted by Gasteiger charge is -1.95. The third-order valence-corrected chi connectivity index (χ3v) is 3.96. The molecule has 0 N–H and O–H groups in total. The summed E-state index contributed by atoms with van der Waals surface area (Å²) in [5, 5.41) is 5.68. The number of carbonyl (C=O) groups is 1. The van der Waals surface area contributed by atoms with Crippen LogP contribution in [0.2, 0.25) is 0 Å².